The molecule has 35 heavy (non-hydrogen) atoms. The molecule has 1 spiro atoms. The first-order valence-corrected chi connectivity index (χ1v) is 15.5. The largest absolute Gasteiger partial charge is 0.103 e. The van der Waals surface area contributed by atoms with Gasteiger partial charge in [-0.15, -0.1) is 13.2 Å². The molecular formula is C35H62. The van der Waals surface area contributed by atoms with Gasteiger partial charge in [-0.3, -0.25) is 0 Å². The van der Waals surface area contributed by atoms with Crippen LogP contribution < -0.4 is 0 Å². The second kappa shape index (κ2) is 18.2. The van der Waals surface area contributed by atoms with Crippen molar-refractivity contribution >= 4 is 0 Å². The molecule has 0 aromatic carbocycles. The fourth-order valence-electron chi connectivity index (χ4n) is 7.01. The Morgan fingerprint density at radius 2 is 1.37 bits per heavy atom. The van der Waals surface area contributed by atoms with Gasteiger partial charge in [0, 0.05) is 0 Å². The molecule has 0 N–H and O–H groups in total. The highest BCUT2D eigenvalue weighted by Gasteiger charge is 2.47. The Hall–Kier alpha value is -1.04. The van der Waals surface area contributed by atoms with Crippen molar-refractivity contribution in [2.45, 2.75) is 137 Å². The van der Waals surface area contributed by atoms with Crippen molar-refractivity contribution in [1.82, 2.24) is 0 Å². The second-order valence-corrected chi connectivity index (χ2v) is 11.8. The molecule has 2 unspecified atom stereocenters. The van der Waals surface area contributed by atoms with Crippen LogP contribution in [0.25, 0.3) is 0 Å². The maximum Gasteiger partial charge on any atom is -0.0200 e. The minimum Gasteiger partial charge on any atom is -0.103 e. The lowest BCUT2D eigenvalue weighted by Gasteiger charge is -2.54. The lowest BCUT2D eigenvalue weighted by molar-refractivity contribution is -0.0228. The standard InChI is InChI=1S/C20H34.C10H16.C3H6.C2H6/c1-4-6-7-8-18-11-14-20(15-18)16(3)19-12-9-17(5-2)10-13-19;1-2-4-9-7-10(8-9)5-3-6-10;1-3-2;1-2/h6-7,17-20H,3-5,8-15H2,1-2H3;2,9H,1,3-8H2;3H,1H2,2H3;1-2H3/b7-6-;;;. The zero-order chi connectivity index (χ0) is 26.1. The fourth-order valence-corrected chi connectivity index (χ4v) is 7.01. The van der Waals surface area contributed by atoms with E-state index in [1.54, 1.807) is 11.6 Å². The minimum atomic E-state index is 0.846. The van der Waals surface area contributed by atoms with E-state index in [0.29, 0.717) is 0 Å². The molecule has 4 rings (SSSR count). The third-order valence-electron chi connectivity index (χ3n) is 9.24. The molecule has 4 aliphatic carbocycles. The zero-order valence-corrected chi connectivity index (χ0v) is 24.6. The molecule has 0 aromatic heterocycles. The van der Waals surface area contributed by atoms with Crippen LogP contribution in [0, 0.1) is 35.0 Å². The van der Waals surface area contributed by atoms with Crippen LogP contribution in [0.4, 0.5) is 0 Å². The number of hydrogen-bond donors (Lipinski definition) is 0. The second-order valence-electron chi connectivity index (χ2n) is 11.8. The molecule has 0 nitrogen and oxygen atoms in total. The summed E-state index contributed by atoms with van der Waals surface area (Å²) in [5.74, 6) is 4.66. The van der Waals surface area contributed by atoms with Gasteiger partial charge in [0.1, 0.15) is 0 Å². The first-order valence-electron chi connectivity index (χ1n) is 15.5. The van der Waals surface area contributed by atoms with Gasteiger partial charge in [0.05, 0.1) is 0 Å². The van der Waals surface area contributed by atoms with E-state index in [9.17, 15) is 0 Å². The Morgan fingerprint density at radius 3 is 1.86 bits per heavy atom. The highest BCUT2D eigenvalue weighted by molar-refractivity contribution is 5.10. The van der Waals surface area contributed by atoms with Crippen LogP contribution in [0.5, 0.6) is 0 Å². The van der Waals surface area contributed by atoms with E-state index in [4.69, 9.17) is 0 Å². The Balaban J connectivity index is 0.000000338. The summed E-state index contributed by atoms with van der Waals surface area (Å²) < 4.78 is 0. The molecule has 0 radical (unpaired) electrons. The van der Waals surface area contributed by atoms with E-state index in [2.05, 4.69) is 51.8 Å². The molecule has 0 saturated heterocycles. The zero-order valence-electron chi connectivity index (χ0n) is 24.6. The van der Waals surface area contributed by atoms with Crippen molar-refractivity contribution in [3.05, 3.63) is 49.6 Å². The Bertz CT molecular complexity index is 588. The van der Waals surface area contributed by atoms with Crippen molar-refractivity contribution in [1.29, 1.82) is 0 Å². The minimum absolute atomic E-state index is 0.846. The van der Waals surface area contributed by atoms with E-state index in [1.807, 2.05) is 20.8 Å². The van der Waals surface area contributed by atoms with Gasteiger partial charge in [0.25, 0.3) is 0 Å². The van der Waals surface area contributed by atoms with Crippen LogP contribution in [0.1, 0.15) is 137 Å². The van der Waals surface area contributed by atoms with E-state index in [1.165, 1.54) is 103 Å². The summed E-state index contributed by atoms with van der Waals surface area (Å²) in [6.07, 6.45) is 31.3. The molecule has 0 bridgehead atoms. The predicted octanol–water partition coefficient (Wildman–Crippen LogP) is 11.9. The van der Waals surface area contributed by atoms with E-state index in [0.717, 1.165) is 35.0 Å². The van der Waals surface area contributed by atoms with Crippen LogP contribution in [0.15, 0.2) is 49.6 Å². The normalized spacial score (nSPS) is 28.7. The van der Waals surface area contributed by atoms with Crippen LogP contribution in [-0.2, 0) is 0 Å². The molecule has 202 valence electrons. The van der Waals surface area contributed by atoms with Gasteiger partial charge in [-0.25, -0.2) is 0 Å². The first-order chi connectivity index (χ1) is 17.0. The monoisotopic (exact) mass is 482 g/mol. The molecule has 2 atom stereocenters. The lowest BCUT2D eigenvalue weighted by atomic mass is 9.51. The van der Waals surface area contributed by atoms with Crippen molar-refractivity contribution in [3.63, 3.8) is 0 Å². The summed E-state index contributed by atoms with van der Waals surface area (Å²) >= 11 is 0. The smallest absolute Gasteiger partial charge is 0.0200 e. The fraction of sp³-hybridized carbons (Fsp3) is 0.771. The van der Waals surface area contributed by atoms with Crippen molar-refractivity contribution < 1.29 is 0 Å². The van der Waals surface area contributed by atoms with Gasteiger partial charge >= 0.3 is 0 Å². The summed E-state index contributed by atoms with van der Waals surface area (Å²) in [5.41, 5.74) is 2.50. The highest BCUT2D eigenvalue weighted by Crippen LogP contribution is 2.59. The summed E-state index contributed by atoms with van der Waals surface area (Å²) in [7, 11) is 0. The Kier molecular flexibility index (Phi) is 16.7. The number of hydrogen-bond acceptors (Lipinski definition) is 0. The van der Waals surface area contributed by atoms with Gasteiger partial charge in [0.15, 0.2) is 0 Å². The SMILES string of the molecule is C=C(C1CCC(CC)CC1)C1CCC(C/C=C\CC)C1.C=CC.C=CCC1CC2(CCC2)C1.CC. The van der Waals surface area contributed by atoms with Crippen LogP contribution in [0.3, 0.4) is 0 Å². The summed E-state index contributed by atoms with van der Waals surface area (Å²) in [6, 6.07) is 0. The van der Waals surface area contributed by atoms with Gasteiger partial charge < -0.3 is 0 Å². The molecular weight excluding hydrogens is 420 g/mol. The molecule has 0 aromatic rings. The molecule has 0 heterocycles. The number of rotatable bonds is 8. The average molecular weight is 483 g/mol. The maximum atomic E-state index is 4.52. The summed E-state index contributed by atoms with van der Waals surface area (Å²) in [4.78, 5) is 0. The maximum absolute atomic E-state index is 4.52. The average Bonchev–Trinajstić information content (AvgIpc) is 3.31. The molecule has 4 fully saturated rings. The summed E-state index contributed by atoms with van der Waals surface area (Å²) in [6.45, 7) is 22.1. The van der Waals surface area contributed by atoms with Crippen LogP contribution in [-0.4, -0.2) is 0 Å². The van der Waals surface area contributed by atoms with Crippen molar-refractivity contribution in [2.24, 2.45) is 35.0 Å². The van der Waals surface area contributed by atoms with Gasteiger partial charge in [0.2, 0.25) is 0 Å². The first kappa shape index (κ1) is 32.0. The van der Waals surface area contributed by atoms with Gasteiger partial charge in [-0.05, 0) is 132 Å². The Morgan fingerprint density at radius 1 is 0.800 bits per heavy atom. The molecule has 0 amide bonds. The van der Waals surface area contributed by atoms with Crippen LogP contribution >= 0.6 is 0 Å². The topological polar surface area (TPSA) is 0 Å². The summed E-state index contributed by atoms with van der Waals surface area (Å²) in [5, 5.41) is 0. The predicted molar refractivity (Wildman–Crippen MR) is 161 cm³/mol. The van der Waals surface area contributed by atoms with Gasteiger partial charge in [-0.2, -0.15) is 0 Å². The number of allylic oxidation sites excluding steroid dienone is 5. The molecule has 0 aliphatic heterocycles. The van der Waals surface area contributed by atoms with Crippen molar-refractivity contribution in [2.75, 3.05) is 0 Å². The van der Waals surface area contributed by atoms with Gasteiger partial charge in [-0.1, -0.05) is 77.0 Å². The molecule has 0 heteroatoms. The molecule has 4 aliphatic rings. The van der Waals surface area contributed by atoms with E-state index < -0.39 is 0 Å². The highest BCUT2D eigenvalue weighted by atomic mass is 14.5. The lowest BCUT2D eigenvalue weighted by Crippen LogP contribution is -2.42. The third-order valence-corrected chi connectivity index (χ3v) is 9.24. The van der Waals surface area contributed by atoms with Crippen LogP contribution in [0.2, 0.25) is 0 Å². The molecule has 4 saturated carbocycles. The van der Waals surface area contributed by atoms with Crippen molar-refractivity contribution in [3.8, 4) is 0 Å². The van der Waals surface area contributed by atoms with E-state index in [-0.39, 0.29) is 0 Å². The Labute approximate surface area is 221 Å². The van der Waals surface area contributed by atoms with E-state index >= 15 is 0 Å². The quantitative estimate of drug-likeness (QED) is 0.302. The third kappa shape index (κ3) is 10.9.